The summed E-state index contributed by atoms with van der Waals surface area (Å²) in [7, 11) is 1.64. The standard InChI is InChI=1S/C17H15N5O/c1-11-3-8-16-14(9-11)15(10-18-16)17-19-20-21-22(17)12-4-6-13(23-2)7-5-12/h3-10,18H,1-2H3. The highest BCUT2D eigenvalue weighted by atomic mass is 16.5. The van der Waals surface area contributed by atoms with Crippen molar-refractivity contribution in [3.05, 3.63) is 54.2 Å². The van der Waals surface area contributed by atoms with Crippen LogP contribution in [0.3, 0.4) is 0 Å². The van der Waals surface area contributed by atoms with E-state index in [0.717, 1.165) is 27.9 Å². The molecular weight excluding hydrogens is 290 g/mol. The van der Waals surface area contributed by atoms with Crippen molar-refractivity contribution in [3.63, 3.8) is 0 Å². The van der Waals surface area contributed by atoms with E-state index >= 15 is 0 Å². The van der Waals surface area contributed by atoms with Gasteiger partial charge >= 0.3 is 0 Å². The van der Waals surface area contributed by atoms with Crippen LogP contribution >= 0.6 is 0 Å². The number of methoxy groups -OCH3 is 1. The van der Waals surface area contributed by atoms with E-state index in [1.807, 2.05) is 30.5 Å². The normalized spacial score (nSPS) is 11.0. The molecule has 0 aliphatic rings. The quantitative estimate of drug-likeness (QED) is 0.631. The Bertz CT molecular complexity index is 968. The number of hydrogen-bond acceptors (Lipinski definition) is 4. The third-order valence-corrected chi connectivity index (χ3v) is 3.86. The molecule has 0 fully saturated rings. The number of aromatic nitrogens is 5. The maximum absolute atomic E-state index is 5.19. The highest BCUT2D eigenvalue weighted by Gasteiger charge is 2.15. The second-order valence-electron chi connectivity index (χ2n) is 5.36. The number of benzene rings is 2. The number of nitrogens with zero attached hydrogens (tertiary/aromatic N) is 4. The van der Waals surface area contributed by atoms with E-state index < -0.39 is 0 Å². The molecule has 0 aliphatic heterocycles. The van der Waals surface area contributed by atoms with Crippen LogP contribution in [0.4, 0.5) is 0 Å². The summed E-state index contributed by atoms with van der Waals surface area (Å²) in [6.07, 6.45) is 1.94. The minimum atomic E-state index is 0.701. The van der Waals surface area contributed by atoms with Crippen molar-refractivity contribution in [3.8, 4) is 22.8 Å². The van der Waals surface area contributed by atoms with Gasteiger partial charge in [-0.1, -0.05) is 11.6 Å². The van der Waals surface area contributed by atoms with E-state index in [0.29, 0.717) is 5.82 Å². The predicted octanol–water partition coefficient (Wildman–Crippen LogP) is 3.13. The zero-order chi connectivity index (χ0) is 15.8. The minimum absolute atomic E-state index is 0.701. The van der Waals surface area contributed by atoms with Crippen LogP contribution in [0.1, 0.15) is 5.56 Å². The predicted molar refractivity (Wildman–Crippen MR) is 87.7 cm³/mol. The third kappa shape index (κ3) is 2.24. The van der Waals surface area contributed by atoms with Crippen LogP contribution in [0.5, 0.6) is 5.75 Å². The molecule has 0 amide bonds. The number of fused-ring (bicyclic) bond motifs is 1. The molecule has 0 unspecified atom stereocenters. The summed E-state index contributed by atoms with van der Waals surface area (Å²) in [6, 6.07) is 13.9. The van der Waals surface area contributed by atoms with Gasteiger partial charge < -0.3 is 9.72 Å². The van der Waals surface area contributed by atoms with Gasteiger partial charge in [0.1, 0.15) is 5.75 Å². The molecule has 0 aliphatic carbocycles. The van der Waals surface area contributed by atoms with Crippen molar-refractivity contribution in [2.24, 2.45) is 0 Å². The van der Waals surface area contributed by atoms with Gasteiger partial charge in [-0.3, -0.25) is 0 Å². The Kier molecular flexibility index (Phi) is 3.08. The van der Waals surface area contributed by atoms with Gasteiger partial charge in [-0.05, 0) is 53.7 Å². The Hall–Kier alpha value is -3.15. The maximum Gasteiger partial charge on any atom is 0.189 e. The fourth-order valence-electron chi connectivity index (χ4n) is 2.67. The molecule has 0 spiro atoms. The lowest BCUT2D eigenvalue weighted by Crippen LogP contribution is -1.99. The van der Waals surface area contributed by atoms with Gasteiger partial charge in [0.2, 0.25) is 0 Å². The van der Waals surface area contributed by atoms with Crippen molar-refractivity contribution >= 4 is 10.9 Å². The largest absolute Gasteiger partial charge is 0.497 e. The summed E-state index contributed by atoms with van der Waals surface area (Å²) in [5.41, 5.74) is 4.12. The molecular formula is C17H15N5O. The summed E-state index contributed by atoms with van der Waals surface area (Å²) >= 11 is 0. The molecule has 114 valence electrons. The monoisotopic (exact) mass is 305 g/mol. The lowest BCUT2D eigenvalue weighted by atomic mass is 10.1. The van der Waals surface area contributed by atoms with Gasteiger partial charge in [0, 0.05) is 22.7 Å². The third-order valence-electron chi connectivity index (χ3n) is 3.86. The molecule has 6 nitrogen and oxygen atoms in total. The number of hydrogen-bond donors (Lipinski definition) is 1. The summed E-state index contributed by atoms with van der Waals surface area (Å²) < 4.78 is 6.92. The zero-order valence-corrected chi connectivity index (χ0v) is 12.8. The Morgan fingerprint density at radius 3 is 2.70 bits per heavy atom. The Morgan fingerprint density at radius 1 is 1.09 bits per heavy atom. The molecule has 2 heterocycles. The van der Waals surface area contributed by atoms with Gasteiger partial charge in [0.05, 0.1) is 12.8 Å². The fourth-order valence-corrected chi connectivity index (χ4v) is 2.67. The average Bonchev–Trinajstić information content (AvgIpc) is 3.20. The zero-order valence-electron chi connectivity index (χ0n) is 12.8. The van der Waals surface area contributed by atoms with Crippen molar-refractivity contribution in [2.45, 2.75) is 6.92 Å². The smallest absolute Gasteiger partial charge is 0.189 e. The molecule has 0 saturated carbocycles. The molecule has 4 rings (SSSR count). The molecule has 23 heavy (non-hydrogen) atoms. The van der Waals surface area contributed by atoms with Crippen LogP contribution in [0, 0.1) is 6.92 Å². The number of nitrogens with one attached hydrogen (secondary N) is 1. The minimum Gasteiger partial charge on any atom is -0.497 e. The van der Waals surface area contributed by atoms with E-state index in [4.69, 9.17) is 4.74 Å². The van der Waals surface area contributed by atoms with Gasteiger partial charge in [-0.2, -0.15) is 4.68 Å². The summed E-state index contributed by atoms with van der Waals surface area (Å²) in [5.74, 6) is 1.50. The van der Waals surface area contributed by atoms with Crippen molar-refractivity contribution in [1.82, 2.24) is 25.2 Å². The van der Waals surface area contributed by atoms with E-state index in [-0.39, 0.29) is 0 Å². The number of H-pyrrole nitrogens is 1. The first-order valence-corrected chi connectivity index (χ1v) is 7.27. The average molecular weight is 305 g/mol. The molecule has 0 radical (unpaired) electrons. The second-order valence-corrected chi connectivity index (χ2v) is 5.36. The van der Waals surface area contributed by atoms with Crippen LogP contribution < -0.4 is 4.74 Å². The lowest BCUT2D eigenvalue weighted by Gasteiger charge is -2.05. The number of ether oxygens (including phenoxy) is 1. The van der Waals surface area contributed by atoms with Crippen LogP contribution in [-0.2, 0) is 0 Å². The number of rotatable bonds is 3. The first-order valence-electron chi connectivity index (χ1n) is 7.27. The fraction of sp³-hybridized carbons (Fsp3) is 0.118. The summed E-state index contributed by atoms with van der Waals surface area (Å²) in [4.78, 5) is 3.27. The van der Waals surface area contributed by atoms with E-state index in [1.54, 1.807) is 11.8 Å². The number of aryl methyl sites for hydroxylation is 1. The molecule has 6 heteroatoms. The molecule has 1 N–H and O–H groups in total. The second kappa shape index (κ2) is 5.24. The van der Waals surface area contributed by atoms with Crippen LogP contribution in [0.2, 0.25) is 0 Å². The van der Waals surface area contributed by atoms with Crippen LogP contribution in [-0.4, -0.2) is 32.3 Å². The molecule has 2 aromatic carbocycles. The molecule has 0 saturated heterocycles. The Morgan fingerprint density at radius 2 is 1.91 bits per heavy atom. The summed E-state index contributed by atoms with van der Waals surface area (Å²) in [6.45, 7) is 2.07. The number of aromatic amines is 1. The van der Waals surface area contributed by atoms with Crippen molar-refractivity contribution < 1.29 is 4.74 Å². The van der Waals surface area contributed by atoms with E-state index in [2.05, 4.69) is 45.6 Å². The van der Waals surface area contributed by atoms with Crippen LogP contribution in [0.15, 0.2) is 48.7 Å². The topological polar surface area (TPSA) is 68.6 Å². The van der Waals surface area contributed by atoms with Gasteiger partial charge in [0.15, 0.2) is 5.82 Å². The Labute approximate surface area is 132 Å². The molecule has 0 bridgehead atoms. The molecule has 0 atom stereocenters. The SMILES string of the molecule is COc1ccc(-n2nnnc2-c2c[nH]c3ccc(C)cc23)cc1. The Balaban J connectivity index is 1.86. The molecule has 4 aromatic rings. The molecule has 2 aromatic heterocycles. The highest BCUT2D eigenvalue weighted by molar-refractivity contribution is 5.94. The van der Waals surface area contributed by atoms with E-state index in [1.165, 1.54) is 5.56 Å². The first kappa shape index (κ1) is 13.5. The van der Waals surface area contributed by atoms with Gasteiger partial charge in [-0.15, -0.1) is 5.10 Å². The highest BCUT2D eigenvalue weighted by Crippen LogP contribution is 2.29. The summed E-state index contributed by atoms with van der Waals surface area (Å²) in [5, 5.41) is 13.3. The van der Waals surface area contributed by atoms with Crippen molar-refractivity contribution in [1.29, 1.82) is 0 Å². The number of tetrazole rings is 1. The van der Waals surface area contributed by atoms with Crippen molar-refractivity contribution in [2.75, 3.05) is 7.11 Å². The van der Waals surface area contributed by atoms with Gasteiger partial charge in [0.25, 0.3) is 0 Å². The maximum atomic E-state index is 5.19. The first-order chi connectivity index (χ1) is 11.3. The lowest BCUT2D eigenvalue weighted by molar-refractivity contribution is 0.414. The van der Waals surface area contributed by atoms with Gasteiger partial charge in [-0.25, -0.2) is 0 Å². The van der Waals surface area contributed by atoms with E-state index in [9.17, 15) is 0 Å². The van der Waals surface area contributed by atoms with Crippen LogP contribution in [0.25, 0.3) is 28.0 Å².